The highest BCUT2D eigenvalue weighted by molar-refractivity contribution is 5.94. The minimum absolute atomic E-state index is 0.0590. The molecule has 19 heavy (non-hydrogen) atoms. The molecule has 2 fully saturated rings. The van der Waals surface area contributed by atoms with Crippen molar-refractivity contribution in [3.8, 4) is 0 Å². The highest BCUT2D eigenvalue weighted by Crippen LogP contribution is 2.43. The van der Waals surface area contributed by atoms with E-state index in [9.17, 15) is 4.79 Å². The number of rotatable bonds is 4. The lowest BCUT2D eigenvalue weighted by Gasteiger charge is -2.37. The number of hydrogen-bond acceptors (Lipinski definition) is 2. The van der Waals surface area contributed by atoms with E-state index >= 15 is 0 Å². The van der Waals surface area contributed by atoms with Crippen molar-refractivity contribution in [3.05, 3.63) is 35.9 Å². The van der Waals surface area contributed by atoms with Gasteiger partial charge < -0.3 is 10.6 Å². The van der Waals surface area contributed by atoms with Crippen LogP contribution >= 0.6 is 0 Å². The van der Waals surface area contributed by atoms with Crippen LogP contribution in [0.15, 0.2) is 30.3 Å². The summed E-state index contributed by atoms with van der Waals surface area (Å²) >= 11 is 0. The Hall–Kier alpha value is -1.35. The molecule has 3 rings (SSSR count). The molecule has 2 atom stereocenters. The molecule has 0 bridgehead atoms. The first-order valence-corrected chi connectivity index (χ1v) is 7.31. The molecule has 1 aromatic rings. The van der Waals surface area contributed by atoms with E-state index in [2.05, 4.69) is 17.6 Å². The van der Waals surface area contributed by atoms with Crippen LogP contribution in [-0.4, -0.2) is 24.0 Å². The molecule has 1 saturated carbocycles. The van der Waals surface area contributed by atoms with Crippen molar-refractivity contribution in [2.75, 3.05) is 6.54 Å². The van der Waals surface area contributed by atoms with Gasteiger partial charge in [-0.25, -0.2) is 0 Å². The fraction of sp³-hybridized carbons (Fsp3) is 0.562. The molecular formula is C16H22N2O. The summed E-state index contributed by atoms with van der Waals surface area (Å²) in [6, 6.07) is 9.95. The number of amides is 1. The van der Waals surface area contributed by atoms with Gasteiger partial charge in [0.2, 0.25) is 0 Å². The van der Waals surface area contributed by atoms with E-state index in [1.807, 2.05) is 30.3 Å². The second-order valence-electron chi connectivity index (χ2n) is 6.03. The lowest BCUT2D eigenvalue weighted by atomic mass is 9.85. The van der Waals surface area contributed by atoms with Crippen LogP contribution in [0.25, 0.3) is 0 Å². The summed E-state index contributed by atoms with van der Waals surface area (Å²) in [5.74, 6) is 0.694. The summed E-state index contributed by atoms with van der Waals surface area (Å²) in [7, 11) is 0. The Labute approximate surface area is 114 Å². The maximum absolute atomic E-state index is 12.4. The van der Waals surface area contributed by atoms with Crippen molar-refractivity contribution >= 4 is 5.91 Å². The second kappa shape index (κ2) is 4.97. The standard InChI is InChI=1S/C16H22N2O/c1-16(13-9-10-13,14-8-5-11-17-14)18-15(19)12-6-3-2-4-7-12/h2-4,6-7,13-14,17H,5,8-11H2,1H3,(H,18,19). The van der Waals surface area contributed by atoms with Gasteiger partial charge in [-0.3, -0.25) is 4.79 Å². The van der Waals surface area contributed by atoms with E-state index in [4.69, 9.17) is 0 Å². The minimum Gasteiger partial charge on any atom is -0.345 e. The number of nitrogens with one attached hydrogen (secondary N) is 2. The van der Waals surface area contributed by atoms with E-state index in [-0.39, 0.29) is 11.4 Å². The summed E-state index contributed by atoms with van der Waals surface area (Å²) in [5, 5.41) is 6.87. The van der Waals surface area contributed by atoms with Gasteiger partial charge in [-0.15, -0.1) is 0 Å². The molecule has 102 valence electrons. The van der Waals surface area contributed by atoms with Crippen LogP contribution in [0.1, 0.15) is 43.0 Å². The Morgan fingerprint density at radius 2 is 2.00 bits per heavy atom. The predicted octanol–water partition coefficient (Wildman–Crippen LogP) is 2.34. The van der Waals surface area contributed by atoms with E-state index < -0.39 is 0 Å². The first-order chi connectivity index (χ1) is 9.20. The molecule has 0 spiro atoms. The fourth-order valence-corrected chi connectivity index (χ4v) is 3.26. The van der Waals surface area contributed by atoms with Gasteiger partial charge in [0.1, 0.15) is 0 Å². The zero-order valence-corrected chi connectivity index (χ0v) is 11.5. The second-order valence-corrected chi connectivity index (χ2v) is 6.03. The van der Waals surface area contributed by atoms with Crippen molar-refractivity contribution in [1.29, 1.82) is 0 Å². The molecule has 0 aromatic heterocycles. The van der Waals surface area contributed by atoms with Gasteiger partial charge in [0.05, 0.1) is 5.54 Å². The zero-order chi connectivity index (χ0) is 13.3. The average molecular weight is 258 g/mol. The van der Waals surface area contributed by atoms with Crippen LogP contribution in [0.3, 0.4) is 0 Å². The Morgan fingerprint density at radius 3 is 2.58 bits per heavy atom. The molecule has 1 aliphatic heterocycles. The van der Waals surface area contributed by atoms with Gasteiger partial charge in [-0.1, -0.05) is 18.2 Å². The molecule has 2 N–H and O–H groups in total. The maximum atomic E-state index is 12.4. The van der Waals surface area contributed by atoms with Gasteiger partial charge in [0, 0.05) is 11.6 Å². The molecule has 1 aromatic carbocycles. The Balaban J connectivity index is 1.76. The summed E-state index contributed by atoms with van der Waals surface area (Å²) < 4.78 is 0. The summed E-state index contributed by atoms with van der Waals surface area (Å²) in [6.45, 7) is 3.29. The maximum Gasteiger partial charge on any atom is 0.251 e. The topological polar surface area (TPSA) is 41.1 Å². The highest BCUT2D eigenvalue weighted by atomic mass is 16.1. The Morgan fingerprint density at radius 1 is 1.26 bits per heavy atom. The largest absolute Gasteiger partial charge is 0.345 e. The Bertz CT molecular complexity index is 449. The van der Waals surface area contributed by atoms with Crippen LogP contribution < -0.4 is 10.6 Å². The molecule has 1 saturated heterocycles. The molecule has 2 unspecified atom stereocenters. The lowest BCUT2D eigenvalue weighted by Crippen LogP contribution is -2.59. The number of carbonyl (C=O) groups is 1. The molecular weight excluding hydrogens is 236 g/mol. The zero-order valence-electron chi connectivity index (χ0n) is 11.5. The van der Waals surface area contributed by atoms with Crippen LogP contribution in [-0.2, 0) is 0 Å². The van der Waals surface area contributed by atoms with E-state index in [0.29, 0.717) is 12.0 Å². The van der Waals surface area contributed by atoms with Crippen LogP contribution in [0.5, 0.6) is 0 Å². The van der Waals surface area contributed by atoms with Crippen molar-refractivity contribution in [2.24, 2.45) is 5.92 Å². The Kier molecular flexibility index (Phi) is 3.31. The first kappa shape index (κ1) is 12.7. The van der Waals surface area contributed by atoms with Gasteiger partial charge in [-0.2, -0.15) is 0 Å². The van der Waals surface area contributed by atoms with E-state index in [0.717, 1.165) is 12.1 Å². The van der Waals surface area contributed by atoms with Gasteiger partial charge >= 0.3 is 0 Å². The SMILES string of the molecule is CC(NC(=O)c1ccccc1)(C1CC1)C1CCCN1. The normalized spacial score (nSPS) is 25.8. The van der Waals surface area contributed by atoms with Gasteiger partial charge in [0.25, 0.3) is 5.91 Å². The first-order valence-electron chi connectivity index (χ1n) is 7.31. The van der Waals surface area contributed by atoms with Crippen molar-refractivity contribution in [1.82, 2.24) is 10.6 Å². The fourth-order valence-electron chi connectivity index (χ4n) is 3.26. The van der Waals surface area contributed by atoms with Gasteiger partial charge in [-0.05, 0) is 57.2 Å². The molecule has 3 heteroatoms. The molecule has 3 nitrogen and oxygen atoms in total. The lowest BCUT2D eigenvalue weighted by molar-refractivity contribution is 0.0868. The molecule has 1 aliphatic carbocycles. The summed E-state index contributed by atoms with van der Waals surface area (Å²) in [4.78, 5) is 12.4. The third-order valence-electron chi connectivity index (χ3n) is 4.63. The van der Waals surface area contributed by atoms with Crippen LogP contribution in [0.4, 0.5) is 0 Å². The highest BCUT2D eigenvalue weighted by Gasteiger charge is 2.48. The third-order valence-corrected chi connectivity index (χ3v) is 4.63. The van der Waals surface area contributed by atoms with E-state index in [1.165, 1.54) is 25.7 Å². The minimum atomic E-state index is -0.0938. The third kappa shape index (κ3) is 2.52. The van der Waals surface area contributed by atoms with Crippen LogP contribution in [0, 0.1) is 5.92 Å². The van der Waals surface area contributed by atoms with Crippen molar-refractivity contribution < 1.29 is 4.79 Å². The van der Waals surface area contributed by atoms with E-state index in [1.54, 1.807) is 0 Å². The quantitative estimate of drug-likeness (QED) is 0.870. The van der Waals surface area contributed by atoms with Crippen molar-refractivity contribution in [2.45, 2.75) is 44.2 Å². The number of benzene rings is 1. The predicted molar refractivity (Wildman–Crippen MR) is 76.1 cm³/mol. The summed E-state index contributed by atoms with van der Waals surface area (Å²) in [5.41, 5.74) is 0.663. The monoisotopic (exact) mass is 258 g/mol. The van der Waals surface area contributed by atoms with Crippen molar-refractivity contribution in [3.63, 3.8) is 0 Å². The molecule has 1 amide bonds. The molecule has 2 aliphatic rings. The van der Waals surface area contributed by atoms with Crippen LogP contribution in [0.2, 0.25) is 0 Å². The van der Waals surface area contributed by atoms with Gasteiger partial charge in [0.15, 0.2) is 0 Å². The smallest absolute Gasteiger partial charge is 0.251 e. The summed E-state index contributed by atoms with van der Waals surface area (Å²) in [6.07, 6.45) is 4.86. The number of carbonyl (C=O) groups excluding carboxylic acids is 1. The molecule has 1 heterocycles. The molecule has 0 radical (unpaired) electrons. The average Bonchev–Trinajstić information content (AvgIpc) is 3.15. The number of hydrogen-bond donors (Lipinski definition) is 2.